The van der Waals surface area contributed by atoms with Gasteiger partial charge in [0.1, 0.15) is 24.2 Å². The van der Waals surface area contributed by atoms with Crippen molar-refractivity contribution in [2.75, 3.05) is 24.0 Å². The molecule has 4 aromatic carbocycles. The molecule has 0 aromatic heterocycles. The van der Waals surface area contributed by atoms with Crippen LogP contribution in [0.25, 0.3) is 0 Å². The summed E-state index contributed by atoms with van der Waals surface area (Å²) in [5, 5.41) is 3.34. The molecular weight excluding hydrogens is 641 g/mol. The summed E-state index contributed by atoms with van der Waals surface area (Å²) in [6.07, 6.45) is 0.170. The van der Waals surface area contributed by atoms with E-state index in [1.54, 1.807) is 24.3 Å². The van der Waals surface area contributed by atoms with Gasteiger partial charge in [-0.15, -0.1) is 0 Å². The lowest BCUT2D eigenvalue weighted by Gasteiger charge is -2.34. The van der Waals surface area contributed by atoms with E-state index in [0.717, 1.165) is 22.0 Å². The first-order valence-corrected chi connectivity index (χ1v) is 17.2. The van der Waals surface area contributed by atoms with Crippen LogP contribution in [0.2, 0.25) is 5.02 Å². The van der Waals surface area contributed by atoms with E-state index in [-0.39, 0.29) is 35.4 Å². The van der Waals surface area contributed by atoms with Crippen LogP contribution >= 0.6 is 11.6 Å². The van der Waals surface area contributed by atoms with Crippen LogP contribution in [0.15, 0.2) is 108 Å². The van der Waals surface area contributed by atoms with Gasteiger partial charge < -0.3 is 15.0 Å². The third-order valence-corrected chi connectivity index (χ3v) is 9.53. The van der Waals surface area contributed by atoms with Gasteiger partial charge in [-0.1, -0.05) is 74.0 Å². The van der Waals surface area contributed by atoms with Crippen molar-refractivity contribution in [2.24, 2.45) is 5.92 Å². The minimum atomic E-state index is -4.35. The predicted molar refractivity (Wildman–Crippen MR) is 182 cm³/mol. The standard InChI is InChI=1S/C36H39ClFN3O5S/c1-4-46-31-18-20-32(21-19-31)47(44,45)41(30-16-14-29(38)15-17-30)25-35(42)40(24-28-12-8-9-13-33(28)37)34(36(43)39-23-26(2)3)22-27-10-6-5-7-11-27/h5-21,26,34H,4,22-25H2,1-3H3,(H,39,43). The van der Waals surface area contributed by atoms with Gasteiger partial charge in [0.15, 0.2) is 0 Å². The van der Waals surface area contributed by atoms with Gasteiger partial charge in [0, 0.05) is 24.5 Å². The fraction of sp³-hybridized carbons (Fsp3) is 0.278. The van der Waals surface area contributed by atoms with Crippen molar-refractivity contribution < 1.29 is 27.1 Å². The molecule has 47 heavy (non-hydrogen) atoms. The molecule has 0 aliphatic carbocycles. The van der Waals surface area contributed by atoms with E-state index < -0.39 is 34.3 Å². The molecule has 4 aromatic rings. The lowest BCUT2D eigenvalue weighted by molar-refractivity contribution is -0.140. The monoisotopic (exact) mass is 679 g/mol. The Balaban J connectivity index is 1.79. The molecule has 11 heteroatoms. The Bertz CT molecular complexity index is 1740. The molecule has 248 valence electrons. The van der Waals surface area contributed by atoms with Crippen molar-refractivity contribution in [3.05, 3.63) is 125 Å². The van der Waals surface area contributed by atoms with Crippen LogP contribution in [0.5, 0.6) is 5.75 Å². The van der Waals surface area contributed by atoms with Crippen LogP contribution < -0.4 is 14.4 Å². The molecule has 0 saturated carbocycles. The SMILES string of the molecule is CCOc1ccc(S(=O)(=O)N(CC(=O)N(Cc2ccccc2Cl)C(Cc2ccccc2)C(=O)NCC(C)C)c2ccc(F)cc2)cc1. The van der Waals surface area contributed by atoms with Gasteiger partial charge in [0.05, 0.1) is 17.2 Å². The molecule has 4 rings (SSSR count). The van der Waals surface area contributed by atoms with E-state index in [9.17, 15) is 22.4 Å². The van der Waals surface area contributed by atoms with Crippen LogP contribution in [0, 0.1) is 11.7 Å². The number of hydrogen-bond acceptors (Lipinski definition) is 5. The van der Waals surface area contributed by atoms with E-state index in [4.69, 9.17) is 16.3 Å². The predicted octanol–water partition coefficient (Wildman–Crippen LogP) is 6.49. The fourth-order valence-corrected chi connectivity index (χ4v) is 6.53. The van der Waals surface area contributed by atoms with Crippen LogP contribution in [-0.2, 0) is 32.6 Å². The molecule has 1 atom stereocenters. The number of halogens is 2. The van der Waals surface area contributed by atoms with Crippen molar-refractivity contribution in [1.29, 1.82) is 0 Å². The highest BCUT2D eigenvalue weighted by molar-refractivity contribution is 7.92. The van der Waals surface area contributed by atoms with Crippen LogP contribution in [0.1, 0.15) is 31.9 Å². The van der Waals surface area contributed by atoms with E-state index in [0.29, 0.717) is 29.5 Å². The second-order valence-electron chi connectivity index (χ2n) is 11.4. The summed E-state index contributed by atoms with van der Waals surface area (Å²) in [5.74, 6) is -0.964. The lowest BCUT2D eigenvalue weighted by atomic mass is 10.0. The maximum Gasteiger partial charge on any atom is 0.264 e. The minimum absolute atomic E-state index is 0.0640. The van der Waals surface area contributed by atoms with Crippen molar-refractivity contribution in [1.82, 2.24) is 10.2 Å². The first-order chi connectivity index (χ1) is 22.5. The summed E-state index contributed by atoms with van der Waals surface area (Å²) < 4.78 is 48.7. The Morgan fingerprint density at radius 2 is 1.53 bits per heavy atom. The molecule has 0 spiro atoms. The minimum Gasteiger partial charge on any atom is -0.494 e. The quantitative estimate of drug-likeness (QED) is 0.155. The van der Waals surface area contributed by atoms with Crippen molar-refractivity contribution in [2.45, 2.75) is 44.7 Å². The topological polar surface area (TPSA) is 96.0 Å². The number of benzene rings is 4. The number of nitrogens with one attached hydrogen (secondary N) is 1. The van der Waals surface area contributed by atoms with Crippen LogP contribution in [0.3, 0.4) is 0 Å². The molecular formula is C36H39ClFN3O5S. The third-order valence-electron chi connectivity index (χ3n) is 7.37. The Labute approximate surface area is 281 Å². The Morgan fingerprint density at radius 1 is 0.894 bits per heavy atom. The average molecular weight is 680 g/mol. The van der Waals surface area contributed by atoms with Crippen LogP contribution in [-0.4, -0.2) is 50.9 Å². The van der Waals surface area contributed by atoms with Gasteiger partial charge >= 0.3 is 0 Å². The number of amides is 2. The first kappa shape index (κ1) is 35.4. The number of carbonyl (C=O) groups is 2. The molecule has 0 aliphatic rings. The van der Waals surface area contributed by atoms with E-state index >= 15 is 0 Å². The normalized spacial score (nSPS) is 12.0. The first-order valence-electron chi connectivity index (χ1n) is 15.3. The Morgan fingerprint density at radius 3 is 2.15 bits per heavy atom. The van der Waals surface area contributed by atoms with Gasteiger partial charge in [0.25, 0.3) is 10.0 Å². The summed E-state index contributed by atoms with van der Waals surface area (Å²) in [7, 11) is -4.35. The molecule has 1 N–H and O–H groups in total. The maximum absolute atomic E-state index is 14.5. The average Bonchev–Trinajstić information content (AvgIpc) is 3.06. The summed E-state index contributed by atoms with van der Waals surface area (Å²) in [4.78, 5) is 29.6. The number of nitrogens with zero attached hydrogens (tertiary/aromatic N) is 2. The number of sulfonamides is 1. The Hall–Kier alpha value is -4.41. The number of ether oxygens (including phenoxy) is 1. The van der Waals surface area contributed by atoms with E-state index in [2.05, 4.69) is 5.32 Å². The van der Waals surface area contributed by atoms with Gasteiger partial charge in [0.2, 0.25) is 11.8 Å². The number of rotatable bonds is 15. The van der Waals surface area contributed by atoms with Gasteiger partial charge in [-0.25, -0.2) is 12.8 Å². The van der Waals surface area contributed by atoms with Gasteiger partial charge in [-0.05, 0) is 78.6 Å². The Kier molecular flexibility index (Phi) is 12.4. The van der Waals surface area contributed by atoms with Gasteiger partial charge in [-0.3, -0.25) is 13.9 Å². The zero-order chi connectivity index (χ0) is 34.0. The smallest absolute Gasteiger partial charge is 0.264 e. The second kappa shape index (κ2) is 16.4. The molecule has 0 fully saturated rings. The van der Waals surface area contributed by atoms with Crippen molar-refractivity contribution in [3.63, 3.8) is 0 Å². The number of anilines is 1. The van der Waals surface area contributed by atoms with Gasteiger partial charge in [-0.2, -0.15) is 0 Å². The summed E-state index contributed by atoms with van der Waals surface area (Å²) in [6, 6.07) is 25.9. The highest BCUT2D eigenvalue weighted by Crippen LogP contribution is 2.27. The molecule has 0 radical (unpaired) electrons. The number of carbonyl (C=O) groups excluding carboxylic acids is 2. The molecule has 0 aliphatic heterocycles. The fourth-order valence-electron chi connectivity index (χ4n) is 4.92. The zero-order valence-electron chi connectivity index (χ0n) is 26.6. The van der Waals surface area contributed by atoms with Crippen molar-refractivity contribution >= 4 is 39.1 Å². The van der Waals surface area contributed by atoms with Crippen molar-refractivity contribution in [3.8, 4) is 5.75 Å². The third kappa shape index (κ3) is 9.56. The molecule has 2 amide bonds. The zero-order valence-corrected chi connectivity index (χ0v) is 28.2. The highest BCUT2D eigenvalue weighted by Gasteiger charge is 2.35. The van der Waals surface area contributed by atoms with E-state index in [1.165, 1.54) is 41.3 Å². The summed E-state index contributed by atoms with van der Waals surface area (Å²) in [5.41, 5.74) is 1.47. The van der Waals surface area contributed by atoms with E-state index in [1.807, 2.05) is 51.1 Å². The second-order valence-corrected chi connectivity index (χ2v) is 13.6. The molecule has 0 bridgehead atoms. The lowest BCUT2D eigenvalue weighted by Crippen LogP contribution is -2.53. The largest absolute Gasteiger partial charge is 0.494 e. The summed E-state index contributed by atoms with van der Waals surface area (Å²) >= 11 is 6.53. The highest BCUT2D eigenvalue weighted by atomic mass is 35.5. The van der Waals surface area contributed by atoms with Crippen LogP contribution in [0.4, 0.5) is 10.1 Å². The summed E-state index contributed by atoms with van der Waals surface area (Å²) in [6.45, 7) is 5.79. The number of hydrogen-bond donors (Lipinski definition) is 1. The molecule has 8 nitrogen and oxygen atoms in total. The maximum atomic E-state index is 14.5. The molecule has 0 saturated heterocycles. The molecule has 0 heterocycles. The molecule has 1 unspecified atom stereocenters.